The number of aliphatic carboxylic acids is 1. The molecule has 12 heavy (non-hydrogen) atoms. The predicted octanol–water partition coefficient (Wildman–Crippen LogP) is 0.928. The average Bonchev–Trinajstić information content (AvgIpc) is 2.04. The maximum absolute atomic E-state index is 10.5. The molecule has 0 saturated carbocycles. The molecule has 0 spiro atoms. The topological polar surface area (TPSA) is 76.2 Å². The Morgan fingerprint density at radius 1 is 1.75 bits per heavy atom. The molecule has 0 aromatic carbocycles. The van der Waals surface area contributed by atoms with Crippen LogP contribution in [0.15, 0.2) is 22.8 Å². The van der Waals surface area contributed by atoms with Crippen LogP contribution in [0.1, 0.15) is 11.7 Å². The van der Waals surface area contributed by atoms with Gasteiger partial charge in [0.15, 0.2) is 0 Å². The lowest BCUT2D eigenvalue weighted by atomic mass is 10.2. The molecule has 4 nitrogen and oxygen atoms in total. The molecule has 1 heterocycles. The lowest BCUT2D eigenvalue weighted by Crippen LogP contribution is -2.22. The first kappa shape index (κ1) is 9.15. The average molecular weight is 231 g/mol. The third kappa shape index (κ3) is 1.80. The van der Waals surface area contributed by atoms with Gasteiger partial charge in [-0.1, -0.05) is 0 Å². The molecule has 0 aliphatic rings. The Balaban J connectivity index is 3.02. The van der Waals surface area contributed by atoms with Crippen LogP contribution in [-0.4, -0.2) is 16.1 Å². The van der Waals surface area contributed by atoms with Crippen molar-refractivity contribution in [2.75, 3.05) is 0 Å². The van der Waals surface area contributed by atoms with Crippen molar-refractivity contribution in [3.8, 4) is 0 Å². The molecule has 0 radical (unpaired) electrons. The van der Waals surface area contributed by atoms with Gasteiger partial charge in [0.1, 0.15) is 6.04 Å². The second kappa shape index (κ2) is 3.64. The van der Waals surface area contributed by atoms with Gasteiger partial charge in [0.05, 0.1) is 5.69 Å². The van der Waals surface area contributed by atoms with E-state index in [1.165, 1.54) is 6.20 Å². The maximum Gasteiger partial charge on any atom is 0.326 e. The molecule has 0 fully saturated rings. The molecule has 0 amide bonds. The Labute approximate surface area is 77.5 Å². The number of halogens is 1. The van der Waals surface area contributed by atoms with E-state index >= 15 is 0 Å². The molecule has 1 aromatic heterocycles. The van der Waals surface area contributed by atoms with Crippen LogP contribution in [0.2, 0.25) is 0 Å². The number of carbonyl (C=O) groups is 1. The smallest absolute Gasteiger partial charge is 0.326 e. The Bertz CT molecular complexity index is 303. The van der Waals surface area contributed by atoms with Gasteiger partial charge in [0.2, 0.25) is 0 Å². The van der Waals surface area contributed by atoms with Gasteiger partial charge in [-0.2, -0.15) is 0 Å². The highest BCUT2D eigenvalue weighted by atomic mass is 79.9. The third-order valence-electron chi connectivity index (χ3n) is 1.35. The van der Waals surface area contributed by atoms with Crippen molar-refractivity contribution in [1.82, 2.24) is 4.98 Å². The Hall–Kier alpha value is -0.940. The number of pyridine rings is 1. The Morgan fingerprint density at radius 3 is 2.92 bits per heavy atom. The summed E-state index contributed by atoms with van der Waals surface area (Å²) < 4.78 is 0.611. The standard InChI is InChI=1S/C7H7BrN2O2/c8-4-2-1-3-10-6(4)5(9)7(11)12/h1-3,5H,9H2,(H,11,12)/t5-/m1/s1. The van der Waals surface area contributed by atoms with Crippen LogP contribution in [0.4, 0.5) is 0 Å². The number of hydrogen-bond donors (Lipinski definition) is 2. The number of carboxylic acids is 1. The SMILES string of the molecule is N[C@@H](C(=O)O)c1ncccc1Br. The fourth-order valence-electron chi connectivity index (χ4n) is 0.744. The van der Waals surface area contributed by atoms with Crippen molar-refractivity contribution < 1.29 is 9.90 Å². The van der Waals surface area contributed by atoms with E-state index in [-0.39, 0.29) is 0 Å². The second-order valence-corrected chi connectivity index (χ2v) is 3.04. The number of hydrogen-bond acceptors (Lipinski definition) is 3. The fourth-order valence-corrected chi connectivity index (χ4v) is 1.25. The largest absolute Gasteiger partial charge is 0.480 e. The fraction of sp³-hybridized carbons (Fsp3) is 0.143. The summed E-state index contributed by atoms with van der Waals surface area (Å²) in [6, 6.07) is 2.33. The number of carboxylic acid groups (broad SMARTS) is 1. The van der Waals surface area contributed by atoms with Crippen molar-refractivity contribution in [2.45, 2.75) is 6.04 Å². The molecule has 1 atom stereocenters. The molecular formula is C7H7BrN2O2. The summed E-state index contributed by atoms with van der Waals surface area (Å²) in [7, 11) is 0. The quantitative estimate of drug-likeness (QED) is 0.793. The first-order valence-electron chi connectivity index (χ1n) is 3.21. The Kier molecular flexibility index (Phi) is 2.78. The van der Waals surface area contributed by atoms with Gasteiger partial charge in [-0.05, 0) is 28.1 Å². The molecule has 0 bridgehead atoms. The molecular weight excluding hydrogens is 224 g/mol. The van der Waals surface area contributed by atoms with Crippen molar-refractivity contribution in [1.29, 1.82) is 0 Å². The minimum Gasteiger partial charge on any atom is -0.480 e. The summed E-state index contributed by atoms with van der Waals surface area (Å²) in [5, 5.41) is 8.57. The van der Waals surface area contributed by atoms with Crippen LogP contribution < -0.4 is 5.73 Å². The van der Waals surface area contributed by atoms with Crippen LogP contribution in [-0.2, 0) is 4.79 Å². The normalized spacial score (nSPS) is 12.5. The van der Waals surface area contributed by atoms with Crippen molar-refractivity contribution in [3.05, 3.63) is 28.5 Å². The van der Waals surface area contributed by atoms with E-state index in [2.05, 4.69) is 20.9 Å². The van der Waals surface area contributed by atoms with Crippen LogP contribution in [0.3, 0.4) is 0 Å². The van der Waals surface area contributed by atoms with E-state index in [1.807, 2.05) is 0 Å². The van der Waals surface area contributed by atoms with Crippen LogP contribution >= 0.6 is 15.9 Å². The van der Waals surface area contributed by atoms with E-state index in [0.29, 0.717) is 10.2 Å². The van der Waals surface area contributed by atoms with E-state index in [1.54, 1.807) is 12.1 Å². The zero-order valence-electron chi connectivity index (χ0n) is 6.07. The maximum atomic E-state index is 10.5. The lowest BCUT2D eigenvalue weighted by molar-refractivity contribution is -0.138. The van der Waals surface area contributed by atoms with Crippen molar-refractivity contribution in [2.24, 2.45) is 5.73 Å². The van der Waals surface area contributed by atoms with E-state index in [9.17, 15) is 4.79 Å². The van der Waals surface area contributed by atoms with Gasteiger partial charge in [0.25, 0.3) is 0 Å². The lowest BCUT2D eigenvalue weighted by Gasteiger charge is -2.06. The van der Waals surface area contributed by atoms with Crippen LogP contribution in [0.25, 0.3) is 0 Å². The summed E-state index contributed by atoms with van der Waals surface area (Å²) in [6.45, 7) is 0. The molecule has 3 N–H and O–H groups in total. The summed E-state index contributed by atoms with van der Waals surface area (Å²) in [5.74, 6) is -1.09. The first-order chi connectivity index (χ1) is 5.63. The summed E-state index contributed by atoms with van der Waals surface area (Å²) in [5.41, 5.74) is 5.68. The number of aromatic nitrogens is 1. The van der Waals surface area contributed by atoms with Gasteiger partial charge in [-0.15, -0.1) is 0 Å². The zero-order valence-corrected chi connectivity index (χ0v) is 7.65. The first-order valence-corrected chi connectivity index (χ1v) is 4.01. The molecule has 1 aromatic rings. The van der Waals surface area contributed by atoms with Gasteiger partial charge >= 0.3 is 5.97 Å². The molecule has 64 valence electrons. The van der Waals surface area contributed by atoms with Gasteiger partial charge < -0.3 is 10.8 Å². The number of rotatable bonds is 2. The van der Waals surface area contributed by atoms with E-state index in [0.717, 1.165) is 0 Å². The minimum atomic E-state index is -1.09. The molecule has 0 aliphatic carbocycles. The van der Waals surface area contributed by atoms with E-state index in [4.69, 9.17) is 10.8 Å². The minimum absolute atomic E-state index is 0.338. The van der Waals surface area contributed by atoms with Crippen LogP contribution in [0.5, 0.6) is 0 Å². The van der Waals surface area contributed by atoms with Crippen LogP contribution in [0, 0.1) is 0 Å². The summed E-state index contributed by atoms with van der Waals surface area (Å²) in [4.78, 5) is 14.3. The Morgan fingerprint density at radius 2 is 2.42 bits per heavy atom. The summed E-state index contributed by atoms with van der Waals surface area (Å²) in [6.07, 6.45) is 1.50. The van der Waals surface area contributed by atoms with Crippen molar-refractivity contribution in [3.63, 3.8) is 0 Å². The zero-order chi connectivity index (χ0) is 9.14. The van der Waals surface area contributed by atoms with Gasteiger partial charge in [-0.25, -0.2) is 0 Å². The molecule has 0 aliphatic heterocycles. The van der Waals surface area contributed by atoms with E-state index < -0.39 is 12.0 Å². The van der Waals surface area contributed by atoms with Gasteiger partial charge in [0, 0.05) is 10.7 Å². The molecule has 0 unspecified atom stereocenters. The molecule has 0 saturated heterocycles. The number of nitrogens with zero attached hydrogens (tertiary/aromatic N) is 1. The predicted molar refractivity (Wildman–Crippen MR) is 46.5 cm³/mol. The van der Waals surface area contributed by atoms with Crippen molar-refractivity contribution >= 4 is 21.9 Å². The number of nitrogens with two attached hydrogens (primary N) is 1. The highest BCUT2D eigenvalue weighted by Gasteiger charge is 2.17. The molecule has 5 heteroatoms. The van der Waals surface area contributed by atoms with Gasteiger partial charge in [-0.3, -0.25) is 9.78 Å². The highest BCUT2D eigenvalue weighted by molar-refractivity contribution is 9.10. The highest BCUT2D eigenvalue weighted by Crippen LogP contribution is 2.18. The monoisotopic (exact) mass is 230 g/mol. The second-order valence-electron chi connectivity index (χ2n) is 2.19. The third-order valence-corrected chi connectivity index (χ3v) is 2.02. The molecule has 1 rings (SSSR count). The summed E-state index contributed by atoms with van der Waals surface area (Å²) >= 11 is 3.16.